The summed E-state index contributed by atoms with van der Waals surface area (Å²) < 4.78 is 32.8. The number of nitrogens with zero attached hydrogens (tertiary/aromatic N) is 3. The molecule has 0 spiro atoms. The molecule has 0 radical (unpaired) electrons. The molecule has 3 rings (SSSR count). The molecule has 1 aromatic carbocycles. The van der Waals surface area contributed by atoms with Crippen molar-refractivity contribution in [2.45, 2.75) is 44.6 Å². The smallest absolute Gasteiger partial charge is 0.317 e. The van der Waals surface area contributed by atoms with Crippen LogP contribution in [-0.4, -0.2) is 93.6 Å². The third-order valence-electron chi connectivity index (χ3n) is 6.75. The summed E-state index contributed by atoms with van der Waals surface area (Å²) in [6, 6.07) is 7.09. The van der Waals surface area contributed by atoms with Gasteiger partial charge in [-0.2, -0.15) is 4.31 Å². The van der Waals surface area contributed by atoms with E-state index in [1.807, 2.05) is 6.92 Å². The third kappa shape index (κ3) is 6.01. The molecule has 2 heterocycles. The topological polar surface area (TPSA) is 82.2 Å². The molecule has 2 saturated heterocycles. The maximum atomic E-state index is 12.9. The Morgan fingerprint density at radius 1 is 1.00 bits per heavy atom. The molecule has 2 aliphatic heterocycles. The van der Waals surface area contributed by atoms with E-state index in [0.717, 1.165) is 44.7 Å². The van der Waals surface area contributed by atoms with Gasteiger partial charge in [0.15, 0.2) is 0 Å². The highest BCUT2D eigenvalue weighted by Gasteiger charge is 2.31. The van der Waals surface area contributed by atoms with Crippen LogP contribution in [-0.2, 0) is 14.8 Å². The minimum Gasteiger partial charge on any atom is -0.379 e. The second-order valence-electron chi connectivity index (χ2n) is 8.68. The largest absolute Gasteiger partial charge is 0.379 e. The van der Waals surface area contributed by atoms with Crippen molar-refractivity contribution >= 4 is 16.1 Å². The molecule has 9 heteroatoms. The number of benzene rings is 1. The first kappa shape index (κ1) is 25.0. The summed E-state index contributed by atoms with van der Waals surface area (Å²) >= 11 is 0. The minimum absolute atomic E-state index is 0.110. The Bertz CT molecular complexity index is 828. The lowest BCUT2D eigenvalue weighted by Crippen LogP contribution is -2.56. The molecular formula is C23H38N4O4S. The molecule has 0 aromatic heterocycles. The number of carbonyl (C=O) groups excluding carboxylic acids is 1. The summed E-state index contributed by atoms with van der Waals surface area (Å²) in [7, 11) is -3.53. The Balaban J connectivity index is 1.54. The van der Waals surface area contributed by atoms with E-state index >= 15 is 0 Å². The second-order valence-corrected chi connectivity index (χ2v) is 10.6. The zero-order chi connectivity index (χ0) is 23.1. The van der Waals surface area contributed by atoms with Gasteiger partial charge in [-0.25, -0.2) is 13.2 Å². The van der Waals surface area contributed by atoms with Crippen LogP contribution in [0, 0.1) is 12.8 Å². The predicted molar refractivity (Wildman–Crippen MR) is 125 cm³/mol. The number of rotatable bonds is 8. The maximum absolute atomic E-state index is 12.9. The van der Waals surface area contributed by atoms with E-state index in [-0.39, 0.29) is 6.03 Å². The van der Waals surface area contributed by atoms with Gasteiger partial charge in [0.1, 0.15) is 0 Å². The van der Waals surface area contributed by atoms with Crippen molar-refractivity contribution in [3.05, 3.63) is 29.8 Å². The number of ether oxygens (including phenoxy) is 1. The number of amides is 2. The number of morpholine rings is 1. The highest BCUT2D eigenvalue weighted by Crippen LogP contribution is 2.21. The Hall–Kier alpha value is -1.68. The van der Waals surface area contributed by atoms with E-state index in [0.29, 0.717) is 49.6 Å². The summed E-state index contributed by atoms with van der Waals surface area (Å²) in [5, 5.41) is 3.13. The molecule has 2 amide bonds. The molecule has 180 valence electrons. The van der Waals surface area contributed by atoms with E-state index in [1.165, 1.54) is 4.31 Å². The van der Waals surface area contributed by atoms with E-state index < -0.39 is 10.0 Å². The van der Waals surface area contributed by atoms with Crippen molar-refractivity contribution < 1.29 is 17.9 Å². The third-order valence-corrected chi connectivity index (χ3v) is 8.67. The summed E-state index contributed by atoms with van der Waals surface area (Å²) in [4.78, 5) is 17.3. The van der Waals surface area contributed by atoms with Gasteiger partial charge in [-0.1, -0.05) is 44.4 Å². The van der Waals surface area contributed by atoms with Crippen LogP contribution in [0.25, 0.3) is 0 Å². The second kappa shape index (κ2) is 11.4. The Labute approximate surface area is 192 Å². The summed E-state index contributed by atoms with van der Waals surface area (Å²) in [5.74, 6) is 0.518. The van der Waals surface area contributed by atoms with Crippen LogP contribution in [0.15, 0.2) is 29.2 Å². The normalized spacial score (nSPS) is 19.8. The van der Waals surface area contributed by atoms with Gasteiger partial charge in [-0.3, -0.25) is 4.90 Å². The van der Waals surface area contributed by atoms with Crippen molar-refractivity contribution in [2.24, 2.45) is 5.92 Å². The Kier molecular flexibility index (Phi) is 8.93. The molecule has 0 aliphatic carbocycles. The minimum atomic E-state index is -3.53. The molecule has 1 atom stereocenters. The van der Waals surface area contributed by atoms with Crippen LogP contribution >= 0.6 is 0 Å². The van der Waals surface area contributed by atoms with Crippen LogP contribution in [0.1, 0.15) is 32.3 Å². The first-order chi connectivity index (χ1) is 15.4. The van der Waals surface area contributed by atoms with Crippen LogP contribution < -0.4 is 5.32 Å². The van der Waals surface area contributed by atoms with Gasteiger partial charge in [-0.05, 0) is 25.0 Å². The molecule has 2 fully saturated rings. The fourth-order valence-electron chi connectivity index (χ4n) is 4.63. The first-order valence-corrected chi connectivity index (χ1v) is 13.2. The molecule has 1 N–H and O–H groups in total. The van der Waals surface area contributed by atoms with E-state index in [4.69, 9.17) is 4.74 Å². The fourth-order valence-corrected chi connectivity index (χ4v) is 6.05. The van der Waals surface area contributed by atoms with Crippen LogP contribution in [0.4, 0.5) is 4.79 Å². The van der Waals surface area contributed by atoms with E-state index in [1.54, 1.807) is 29.2 Å². The van der Waals surface area contributed by atoms with Crippen molar-refractivity contribution in [3.63, 3.8) is 0 Å². The Morgan fingerprint density at radius 2 is 1.59 bits per heavy atom. The van der Waals surface area contributed by atoms with Gasteiger partial charge in [-0.15, -0.1) is 0 Å². The number of aryl methyl sites for hydroxylation is 1. The SMILES string of the molecule is CCC(CC)C(CNC(=O)N1CCN(S(=O)(=O)c2ccc(C)cc2)CC1)N1CCOCC1. The molecule has 8 nitrogen and oxygen atoms in total. The quantitative estimate of drug-likeness (QED) is 0.635. The number of piperazine rings is 1. The molecule has 1 unspecified atom stereocenters. The Morgan fingerprint density at radius 3 is 2.16 bits per heavy atom. The van der Waals surface area contributed by atoms with Crippen LogP contribution in [0.2, 0.25) is 0 Å². The summed E-state index contributed by atoms with van der Waals surface area (Å²) in [6.07, 6.45) is 2.15. The number of urea groups is 1. The molecular weight excluding hydrogens is 428 g/mol. The van der Waals surface area contributed by atoms with Crippen molar-refractivity contribution in [3.8, 4) is 0 Å². The van der Waals surface area contributed by atoms with Gasteiger partial charge in [0.2, 0.25) is 10.0 Å². The molecule has 0 bridgehead atoms. The number of nitrogens with one attached hydrogen (secondary N) is 1. The van der Waals surface area contributed by atoms with Crippen LogP contribution in [0.5, 0.6) is 0 Å². The number of carbonyl (C=O) groups is 1. The standard InChI is InChI=1S/C23H38N4O4S/c1-4-20(5-2)22(25-14-16-31-17-15-25)18-24-23(28)26-10-12-27(13-11-26)32(29,30)21-8-6-19(3)7-9-21/h6-9,20,22H,4-5,10-18H2,1-3H3,(H,24,28). The lowest BCUT2D eigenvalue weighted by atomic mass is 9.92. The van der Waals surface area contributed by atoms with Crippen molar-refractivity contribution in [1.29, 1.82) is 0 Å². The van der Waals surface area contributed by atoms with Gasteiger partial charge < -0.3 is 15.0 Å². The highest BCUT2D eigenvalue weighted by atomic mass is 32.2. The highest BCUT2D eigenvalue weighted by molar-refractivity contribution is 7.89. The summed E-state index contributed by atoms with van der Waals surface area (Å²) in [5.41, 5.74) is 1.02. The average Bonchev–Trinajstić information content (AvgIpc) is 2.82. The molecule has 32 heavy (non-hydrogen) atoms. The molecule has 2 aliphatic rings. The monoisotopic (exact) mass is 466 g/mol. The fraction of sp³-hybridized carbons (Fsp3) is 0.696. The number of hydrogen-bond acceptors (Lipinski definition) is 5. The first-order valence-electron chi connectivity index (χ1n) is 11.8. The average molecular weight is 467 g/mol. The van der Waals surface area contributed by atoms with Gasteiger partial charge >= 0.3 is 6.03 Å². The van der Waals surface area contributed by atoms with Crippen molar-refractivity contribution in [2.75, 3.05) is 59.0 Å². The lowest BCUT2D eigenvalue weighted by Gasteiger charge is -2.39. The van der Waals surface area contributed by atoms with E-state index in [2.05, 4.69) is 24.1 Å². The van der Waals surface area contributed by atoms with Crippen molar-refractivity contribution in [1.82, 2.24) is 19.4 Å². The van der Waals surface area contributed by atoms with Gasteiger partial charge in [0, 0.05) is 51.9 Å². The zero-order valence-corrected chi connectivity index (χ0v) is 20.4. The lowest BCUT2D eigenvalue weighted by molar-refractivity contribution is 0.00205. The summed E-state index contributed by atoms with van der Waals surface area (Å²) in [6.45, 7) is 11.6. The van der Waals surface area contributed by atoms with Crippen LogP contribution in [0.3, 0.4) is 0 Å². The van der Waals surface area contributed by atoms with E-state index in [9.17, 15) is 13.2 Å². The zero-order valence-electron chi connectivity index (χ0n) is 19.6. The molecule has 1 aromatic rings. The number of sulfonamides is 1. The number of hydrogen-bond donors (Lipinski definition) is 1. The molecule has 0 saturated carbocycles. The van der Waals surface area contributed by atoms with Gasteiger partial charge in [0.05, 0.1) is 18.1 Å². The predicted octanol–water partition coefficient (Wildman–Crippen LogP) is 2.15. The van der Waals surface area contributed by atoms with Gasteiger partial charge in [0.25, 0.3) is 0 Å². The maximum Gasteiger partial charge on any atom is 0.317 e.